The summed E-state index contributed by atoms with van der Waals surface area (Å²) in [6.45, 7) is 4.29. The van der Waals surface area contributed by atoms with E-state index in [1.54, 1.807) is 24.3 Å². The summed E-state index contributed by atoms with van der Waals surface area (Å²) in [4.78, 5) is 1.90. The van der Waals surface area contributed by atoms with Crippen LogP contribution in [0.4, 0.5) is 0 Å². The van der Waals surface area contributed by atoms with Crippen molar-refractivity contribution in [1.82, 2.24) is 0 Å². The van der Waals surface area contributed by atoms with Crippen LogP contribution in [0.15, 0.2) is 35.2 Å². The highest BCUT2D eigenvalue weighted by Crippen LogP contribution is 2.10. The summed E-state index contributed by atoms with van der Waals surface area (Å²) in [5.74, 6) is 0.256. The number of benzene rings is 1. The zero-order valence-electron chi connectivity index (χ0n) is 10.9. The molecule has 4 heteroatoms. The summed E-state index contributed by atoms with van der Waals surface area (Å²) in [6, 6.07) is 8.98. The Balaban J connectivity index is 2.04. The molecule has 1 atom stereocenters. The maximum atomic E-state index is 12.3. The Labute approximate surface area is 110 Å². The van der Waals surface area contributed by atoms with Gasteiger partial charge in [0.25, 0.3) is 0 Å². The Morgan fingerprint density at radius 2 is 1.72 bits per heavy atom. The van der Waals surface area contributed by atoms with Crippen LogP contribution in [0.1, 0.15) is 26.2 Å². The predicted octanol–water partition coefficient (Wildman–Crippen LogP) is 0.918. The molecule has 100 valence electrons. The normalized spacial score (nSPS) is 19.6. The second-order valence-corrected chi connectivity index (χ2v) is 7.25. The van der Waals surface area contributed by atoms with Crippen molar-refractivity contribution in [3.63, 3.8) is 0 Å². The Hall–Kier alpha value is -0.870. The number of rotatable bonds is 4. The van der Waals surface area contributed by atoms with Crippen LogP contribution in [0.5, 0.6) is 0 Å². The first-order valence-corrected chi connectivity index (χ1v) is 8.37. The molecular weight excluding hydrogens is 246 g/mol. The van der Waals surface area contributed by atoms with Gasteiger partial charge in [-0.25, -0.2) is 8.42 Å². The minimum absolute atomic E-state index is 0.190. The first kappa shape index (κ1) is 13.6. The number of sulfone groups is 1. The molecule has 0 radical (unpaired) electrons. The molecule has 0 saturated carbocycles. The van der Waals surface area contributed by atoms with Crippen molar-refractivity contribution in [2.75, 3.05) is 18.8 Å². The molecule has 0 bridgehead atoms. The summed E-state index contributed by atoms with van der Waals surface area (Å²) in [5, 5.41) is 0. The van der Waals surface area contributed by atoms with Crippen molar-refractivity contribution in [3.05, 3.63) is 30.3 Å². The number of hydrogen-bond donors (Lipinski definition) is 1. The lowest BCUT2D eigenvalue weighted by Gasteiger charge is -2.29. The SMILES string of the molecule is C[C@@H](CS(=O)(=O)c1ccccc1)[NH+]1CCCCC1. The van der Waals surface area contributed by atoms with Crippen LogP contribution in [0.25, 0.3) is 0 Å². The second kappa shape index (κ2) is 5.85. The molecule has 1 aliphatic rings. The highest BCUT2D eigenvalue weighted by molar-refractivity contribution is 7.91. The number of likely N-dealkylation sites (tertiary alicyclic amines) is 1. The fourth-order valence-electron chi connectivity index (χ4n) is 2.67. The zero-order chi connectivity index (χ0) is 13.0. The summed E-state index contributed by atoms with van der Waals surface area (Å²) < 4.78 is 24.5. The first-order chi connectivity index (χ1) is 8.59. The van der Waals surface area contributed by atoms with Crippen LogP contribution < -0.4 is 4.90 Å². The quantitative estimate of drug-likeness (QED) is 0.882. The molecule has 2 rings (SSSR count). The van der Waals surface area contributed by atoms with Crippen molar-refractivity contribution in [2.24, 2.45) is 0 Å². The highest BCUT2D eigenvalue weighted by atomic mass is 32.2. The number of hydrogen-bond acceptors (Lipinski definition) is 2. The van der Waals surface area contributed by atoms with E-state index < -0.39 is 9.84 Å². The molecule has 0 amide bonds. The second-order valence-electron chi connectivity index (χ2n) is 5.21. The van der Waals surface area contributed by atoms with E-state index in [0.717, 1.165) is 13.1 Å². The van der Waals surface area contributed by atoms with Gasteiger partial charge < -0.3 is 4.90 Å². The van der Waals surface area contributed by atoms with E-state index in [1.165, 1.54) is 24.2 Å². The fourth-order valence-corrected chi connectivity index (χ4v) is 4.33. The summed E-state index contributed by atoms with van der Waals surface area (Å²) >= 11 is 0. The number of quaternary nitrogens is 1. The molecule has 1 saturated heterocycles. The van der Waals surface area contributed by atoms with Crippen LogP contribution in [0.3, 0.4) is 0 Å². The van der Waals surface area contributed by atoms with Crippen molar-refractivity contribution in [3.8, 4) is 0 Å². The Kier molecular flexibility index (Phi) is 4.40. The van der Waals surface area contributed by atoms with E-state index >= 15 is 0 Å². The highest BCUT2D eigenvalue weighted by Gasteiger charge is 2.26. The van der Waals surface area contributed by atoms with Gasteiger partial charge in [-0.1, -0.05) is 18.2 Å². The van der Waals surface area contributed by atoms with Crippen LogP contribution in [-0.2, 0) is 9.84 Å². The average molecular weight is 268 g/mol. The van der Waals surface area contributed by atoms with Crippen LogP contribution in [-0.4, -0.2) is 33.3 Å². The van der Waals surface area contributed by atoms with Gasteiger partial charge in [-0.3, -0.25) is 0 Å². The molecule has 1 heterocycles. The van der Waals surface area contributed by atoms with E-state index in [-0.39, 0.29) is 11.8 Å². The average Bonchev–Trinajstić information content (AvgIpc) is 2.40. The Morgan fingerprint density at radius 1 is 1.11 bits per heavy atom. The van der Waals surface area contributed by atoms with Gasteiger partial charge in [-0.05, 0) is 38.3 Å². The van der Waals surface area contributed by atoms with Crippen LogP contribution >= 0.6 is 0 Å². The van der Waals surface area contributed by atoms with Gasteiger partial charge in [0, 0.05) is 0 Å². The molecule has 18 heavy (non-hydrogen) atoms. The molecule has 3 nitrogen and oxygen atoms in total. The van der Waals surface area contributed by atoms with E-state index in [1.807, 2.05) is 6.07 Å². The van der Waals surface area contributed by atoms with E-state index in [9.17, 15) is 8.42 Å². The Bertz CT molecular complexity index is 464. The minimum Gasteiger partial charge on any atom is -0.332 e. The van der Waals surface area contributed by atoms with Gasteiger partial charge in [-0.15, -0.1) is 0 Å². The van der Waals surface area contributed by atoms with Crippen LogP contribution in [0.2, 0.25) is 0 Å². The Morgan fingerprint density at radius 3 is 2.33 bits per heavy atom. The lowest BCUT2D eigenvalue weighted by Crippen LogP contribution is -3.16. The monoisotopic (exact) mass is 268 g/mol. The minimum atomic E-state index is -3.13. The molecular formula is C14H22NO2S+. The van der Waals surface area contributed by atoms with Gasteiger partial charge >= 0.3 is 0 Å². The first-order valence-electron chi connectivity index (χ1n) is 6.72. The lowest BCUT2D eigenvalue weighted by atomic mass is 10.1. The predicted molar refractivity (Wildman–Crippen MR) is 72.5 cm³/mol. The van der Waals surface area contributed by atoms with Gasteiger partial charge in [-0.2, -0.15) is 0 Å². The smallest absolute Gasteiger partial charge is 0.184 e. The van der Waals surface area contributed by atoms with E-state index in [4.69, 9.17) is 0 Å². The molecule has 1 aromatic rings. The molecule has 1 aliphatic heterocycles. The number of piperidine rings is 1. The lowest BCUT2D eigenvalue weighted by molar-refractivity contribution is -0.925. The van der Waals surface area contributed by atoms with E-state index in [0.29, 0.717) is 4.90 Å². The largest absolute Gasteiger partial charge is 0.332 e. The molecule has 0 aromatic heterocycles. The molecule has 0 aliphatic carbocycles. The standard InChI is InChI=1S/C14H21NO2S/c1-13(15-10-6-3-7-11-15)12-18(16,17)14-8-4-2-5-9-14/h2,4-5,8-9,13H,3,6-7,10-12H2,1H3/p+1/t13-/m0/s1. The van der Waals surface area contributed by atoms with Gasteiger partial charge in [0.1, 0.15) is 5.75 Å². The van der Waals surface area contributed by atoms with Crippen molar-refractivity contribution in [1.29, 1.82) is 0 Å². The van der Waals surface area contributed by atoms with Gasteiger partial charge in [0.15, 0.2) is 9.84 Å². The molecule has 1 fully saturated rings. The molecule has 0 unspecified atom stereocenters. The van der Waals surface area contributed by atoms with Crippen molar-refractivity contribution in [2.45, 2.75) is 37.1 Å². The third-order valence-electron chi connectivity index (χ3n) is 3.76. The fraction of sp³-hybridized carbons (Fsp3) is 0.571. The van der Waals surface area contributed by atoms with Crippen molar-refractivity contribution >= 4 is 9.84 Å². The third-order valence-corrected chi connectivity index (χ3v) is 5.69. The summed E-state index contributed by atoms with van der Waals surface area (Å²) in [6.07, 6.45) is 3.75. The maximum Gasteiger partial charge on any atom is 0.184 e. The molecule has 0 spiro atoms. The zero-order valence-corrected chi connectivity index (χ0v) is 11.7. The van der Waals surface area contributed by atoms with Crippen LogP contribution in [0, 0.1) is 0 Å². The molecule has 1 aromatic carbocycles. The topological polar surface area (TPSA) is 38.6 Å². The maximum absolute atomic E-state index is 12.3. The van der Waals surface area contributed by atoms with Gasteiger partial charge in [0.2, 0.25) is 0 Å². The summed E-state index contributed by atoms with van der Waals surface area (Å²) in [7, 11) is -3.13. The summed E-state index contributed by atoms with van der Waals surface area (Å²) in [5.41, 5.74) is 0. The van der Waals surface area contributed by atoms with E-state index in [2.05, 4.69) is 6.92 Å². The molecule has 1 N–H and O–H groups in total. The van der Waals surface area contributed by atoms with Gasteiger partial charge in [0.05, 0.1) is 24.0 Å². The number of nitrogens with one attached hydrogen (secondary N) is 1. The third kappa shape index (κ3) is 3.33. The van der Waals surface area contributed by atoms with Crippen molar-refractivity contribution < 1.29 is 13.3 Å².